The lowest BCUT2D eigenvalue weighted by molar-refractivity contribution is 0.0797. The van der Waals surface area contributed by atoms with Crippen LogP contribution in [0, 0.1) is 12.8 Å². The molecule has 0 unspecified atom stereocenters. The number of rotatable bonds is 2. The van der Waals surface area contributed by atoms with Crippen molar-refractivity contribution in [1.29, 1.82) is 0 Å². The zero-order chi connectivity index (χ0) is 11.9. The molecule has 1 heterocycles. The lowest BCUT2D eigenvalue weighted by atomic mass is 9.75. The van der Waals surface area contributed by atoms with E-state index >= 15 is 0 Å². The lowest BCUT2D eigenvalue weighted by Gasteiger charge is -2.42. The van der Waals surface area contributed by atoms with Gasteiger partial charge < -0.3 is 10.8 Å². The number of nitrogens with zero attached hydrogens (tertiary/aromatic N) is 1. The Morgan fingerprint density at radius 3 is 2.88 bits per heavy atom. The molecule has 4 N–H and O–H groups in total. The smallest absolute Gasteiger partial charge is 0.328 e. The van der Waals surface area contributed by atoms with Crippen LogP contribution in [0.4, 0.5) is 0 Å². The fraction of sp³-hybridized carbons (Fsp3) is 0.600. The molecule has 0 radical (unpaired) electrons. The van der Waals surface area contributed by atoms with Gasteiger partial charge in [0.25, 0.3) is 5.56 Å². The molecule has 16 heavy (non-hydrogen) atoms. The highest BCUT2D eigenvalue weighted by atomic mass is 16.3. The number of nitrogens with two attached hydrogens (primary N) is 1. The molecule has 1 aliphatic rings. The third kappa shape index (κ3) is 1.60. The first-order chi connectivity index (χ1) is 7.54. The van der Waals surface area contributed by atoms with E-state index in [9.17, 15) is 9.59 Å². The first kappa shape index (κ1) is 11.1. The summed E-state index contributed by atoms with van der Waals surface area (Å²) in [5.41, 5.74) is 5.53. The second kappa shape index (κ2) is 3.88. The molecular weight excluding hydrogens is 210 g/mol. The fourth-order valence-corrected chi connectivity index (χ4v) is 2.07. The SMILES string of the molecule is Cc1cn([C@@H]2C[C@H](CO)[C@H]2N)c(=O)[nH]c1=O. The van der Waals surface area contributed by atoms with Gasteiger partial charge in [-0.3, -0.25) is 14.3 Å². The molecule has 1 aromatic heterocycles. The van der Waals surface area contributed by atoms with Crippen molar-refractivity contribution in [3.63, 3.8) is 0 Å². The van der Waals surface area contributed by atoms with Crippen LogP contribution in [0.2, 0.25) is 0 Å². The number of aliphatic hydroxyl groups excluding tert-OH is 1. The summed E-state index contributed by atoms with van der Waals surface area (Å²) in [6.07, 6.45) is 2.20. The summed E-state index contributed by atoms with van der Waals surface area (Å²) in [6.45, 7) is 1.68. The number of nitrogens with one attached hydrogen (secondary N) is 1. The molecule has 0 aliphatic heterocycles. The average molecular weight is 225 g/mol. The predicted molar refractivity (Wildman–Crippen MR) is 58.3 cm³/mol. The molecule has 0 saturated heterocycles. The first-order valence-corrected chi connectivity index (χ1v) is 5.23. The van der Waals surface area contributed by atoms with Crippen molar-refractivity contribution in [2.45, 2.75) is 25.4 Å². The van der Waals surface area contributed by atoms with Crippen LogP contribution >= 0.6 is 0 Å². The van der Waals surface area contributed by atoms with Crippen LogP contribution in [-0.4, -0.2) is 27.3 Å². The summed E-state index contributed by atoms with van der Waals surface area (Å²) in [6, 6.07) is -0.354. The van der Waals surface area contributed by atoms with Crippen molar-refractivity contribution >= 4 is 0 Å². The van der Waals surface area contributed by atoms with E-state index in [2.05, 4.69) is 4.98 Å². The van der Waals surface area contributed by atoms with Crippen LogP contribution in [0.25, 0.3) is 0 Å². The monoisotopic (exact) mass is 225 g/mol. The minimum Gasteiger partial charge on any atom is -0.396 e. The number of aromatic amines is 1. The number of aliphatic hydroxyl groups is 1. The van der Waals surface area contributed by atoms with Crippen molar-refractivity contribution in [2.24, 2.45) is 11.7 Å². The van der Waals surface area contributed by atoms with E-state index in [1.165, 1.54) is 10.8 Å². The second-order valence-corrected chi connectivity index (χ2v) is 4.30. The molecule has 6 nitrogen and oxygen atoms in total. The summed E-state index contributed by atoms with van der Waals surface area (Å²) < 4.78 is 1.45. The molecule has 88 valence electrons. The van der Waals surface area contributed by atoms with Crippen LogP contribution in [0.15, 0.2) is 15.8 Å². The maximum absolute atomic E-state index is 11.6. The maximum atomic E-state index is 11.6. The average Bonchev–Trinajstić information content (AvgIpc) is 2.24. The highest BCUT2D eigenvalue weighted by molar-refractivity contribution is 5.05. The van der Waals surface area contributed by atoms with Gasteiger partial charge >= 0.3 is 5.69 Å². The van der Waals surface area contributed by atoms with Crippen LogP contribution in [0.1, 0.15) is 18.0 Å². The molecule has 1 fully saturated rings. The molecule has 0 aromatic carbocycles. The number of H-pyrrole nitrogens is 1. The molecule has 0 spiro atoms. The van der Waals surface area contributed by atoms with Crippen molar-refractivity contribution in [3.05, 3.63) is 32.6 Å². The molecule has 1 aromatic rings. The Morgan fingerprint density at radius 2 is 2.31 bits per heavy atom. The summed E-state index contributed by atoms with van der Waals surface area (Å²) in [4.78, 5) is 25.0. The molecule has 0 bridgehead atoms. The predicted octanol–water partition coefficient (Wildman–Crippen LogP) is -1.27. The Labute approximate surface area is 91.7 Å². The molecule has 0 amide bonds. The topological polar surface area (TPSA) is 101 Å². The molecule has 1 aliphatic carbocycles. The number of aromatic nitrogens is 2. The van der Waals surface area contributed by atoms with E-state index < -0.39 is 5.69 Å². The minimum atomic E-state index is -0.438. The Morgan fingerprint density at radius 1 is 1.62 bits per heavy atom. The van der Waals surface area contributed by atoms with Crippen molar-refractivity contribution in [2.75, 3.05) is 6.61 Å². The summed E-state index contributed by atoms with van der Waals surface area (Å²) in [5.74, 6) is 0.0455. The van der Waals surface area contributed by atoms with E-state index in [1.807, 2.05) is 0 Å². The van der Waals surface area contributed by atoms with Crippen LogP contribution < -0.4 is 17.0 Å². The van der Waals surface area contributed by atoms with Gasteiger partial charge in [-0.15, -0.1) is 0 Å². The quantitative estimate of drug-likeness (QED) is 0.584. The lowest BCUT2D eigenvalue weighted by Crippen LogP contribution is -2.54. The summed E-state index contributed by atoms with van der Waals surface area (Å²) in [5, 5.41) is 8.96. The number of hydrogen-bond donors (Lipinski definition) is 3. The normalized spacial score (nSPS) is 28.8. The first-order valence-electron chi connectivity index (χ1n) is 5.23. The second-order valence-electron chi connectivity index (χ2n) is 4.30. The molecule has 3 atom stereocenters. The van der Waals surface area contributed by atoms with E-state index in [0.29, 0.717) is 12.0 Å². The van der Waals surface area contributed by atoms with Gasteiger partial charge in [0.05, 0.1) is 6.04 Å². The summed E-state index contributed by atoms with van der Waals surface area (Å²) >= 11 is 0. The molecule has 6 heteroatoms. The van der Waals surface area contributed by atoms with Gasteiger partial charge in [0.2, 0.25) is 0 Å². The zero-order valence-corrected chi connectivity index (χ0v) is 9.01. The minimum absolute atomic E-state index is 0.0365. The number of hydrogen-bond acceptors (Lipinski definition) is 4. The van der Waals surface area contributed by atoms with Gasteiger partial charge in [-0.1, -0.05) is 0 Å². The summed E-state index contributed by atoms with van der Waals surface area (Å²) in [7, 11) is 0. The van der Waals surface area contributed by atoms with Crippen molar-refractivity contribution < 1.29 is 5.11 Å². The Bertz CT molecular complexity index is 505. The number of aryl methyl sites for hydroxylation is 1. The Kier molecular flexibility index (Phi) is 2.69. The van der Waals surface area contributed by atoms with Gasteiger partial charge in [-0.25, -0.2) is 4.79 Å². The van der Waals surface area contributed by atoms with Gasteiger partial charge in [-0.2, -0.15) is 0 Å². The Hall–Kier alpha value is -1.40. The van der Waals surface area contributed by atoms with E-state index in [4.69, 9.17) is 10.8 Å². The molecule has 2 rings (SSSR count). The fourth-order valence-electron chi connectivity index (χ4n) is 2.07. The largest absolute Gasteiger partial charge is 0.396 e. The van der Waals surface area contributed by atoms with Gasteiger partial charge in [0.15, 0.2) is 0 Å². The molecule has 1 saturated carbocycles. The van der Waals surface area contributed by atoms with Crippen molar-refractivity contribution in [3.8, 4) is 0 Å². The van der Waals surface area contributed by atoms with E-state index in [0.717, 1.165) is 0 Å². The molecular formula is C10H15N3O3. The van der Waals surface area contributed by atoms with Crippen molar-refractivity contribution in [1.82, 2.24) is 9.55 Å². The van der Waals surface area contributed by atoms with E-state index in [1.54, 1.807) is 6.92 Å². The third-order valence-electron chi connectivity index (χ3n) is 3.27. The van der Waals surface area contributed by atoms with Gasteiger partial charge in [0.1, 0.15) is 0 Å². The Balaban J connectivity index is 2.33. The van der Waals surface area contributed by atoms with E-state index in [-0.39, 0.29) is 30.2 Å². The highest BCUT2D eigenvalue weighted by Gasteiger charge is 2.39. The van der Waals surface area contributed by atoms with Gasteiger partial charge in [0, 0.05) is 30.3 Å². The highest BCUT2D eigenvalue weighted by Crippen LogP contribution is 2.35. The maximum Gasteiger partial charge on any atom is 0.328 e. The van der Waals surface area contributed by atoms with Crippen LogP contribution in [-0.2, 0) is 0 Å². The zero-order valence-electron chi connectivity index (χ0n) is 9.01. The van der Waals surface area contributed by atoms with Crippen LogP contribution in [0.5, 0.6) is 0 Å². The van der Waals surface area contributed by atoms with Gasteiger partial charge in [-0.05, 0) is 13.3 Å². The van der Waals surface area contributed by atoms with Crippen LogP contribution in [0.3, 0.4) is 0 Å². The third-order valence-corrected chi connectivity index (χ3v) is 3.27. The standard InChI is InChI=1S/C10H15N3O3/c1-5-3-13(10(16)12-9(5)15)7-2-6(4-14)8(7)11/h3,6-8,14H,2,4,11H2,1H3,(H,12,15,16)/t6-,7-,8-/m1/s1.